The first-order valence-electron chi connectivity index (χ1n) is 8.33. The predicted octanol–water partition coefficient (Wildman–Crippen LogP) is 3.34. The summed E-state index contributed by atoms with van der Waals surface area (Å²) in [5, 5.41) is 2.95. The molecule has 130 valence electrons. The van der Waals surface area contributed by atoms with Crippen LogP contribution in [0.1, 0.15) is 28.4 Å². The number of hydrogen-bond donors (Lipinski definition) is 1. The van der Waals surface area contributed by atoms with Crippen LogP contribution in [0.15, 0.2) is 36.4 Å². The van der Waals surface area contributed by atoms with Crippen molar-refractivity contribution in [3.8, 4) is 5.75 Å². The van der Waals surface area contributed by atoms with Gasteiger partial charge in [0.15, 0.2) is 5.78 Å². The number of Topliss-reactive ketones (excluding diaryl/α,β-unsaturated/α-hetero) is 1. The number of aryl methyl sites for hydroxylation is 2. The minimum absolute atomic E-state index is 0.00647. The van der Waals surface area contributed by atoms with Gasteiger partial charge in [-0.05, 0) is 62.2 Å². The third-order valence-corrected chi connectivity index (χ3v) is 4.16. The topological polar surface area (TPSA) is 58.6 Å². The molecule has 1 aliphatic rings. The first-order valence-corrected chi connectivity index (χ1v) is 8.33. The molecule has 2 aromatic rings. The number of nitrogens with zero attached hydrogens (tertiary/aromatic N) is 1. The molecule has 0 aliphatic carbocycles. The third kappa shape index (κ3) is 3.99. The number of ketones is 1. The second kappa shape index (κ2) is 6.97. The summed E-state index contributed by atoms with van der Waals surface area (Å²) < 4.78 is 5.64. The van der Waals surface area contributed by atoms with Crippen LogP contribution in [-0.4, -0.2) is 31.4 Å². The molecule has 1 aliphatic heterocycles. The van der Waals surface area contributed by atoms with Crippen molar-refractivity contribution in [2.75, 3.05) is 29.9 Å². The SMILES string of the molecule is CC(=O)c1ccc2c(c1)N(CC(=O)Nc1cc(C)cc(C)c1)CCO2. The number of carbonyl (C=O) groups is 2. The Bertz CT molecular complexity index is 809. The Balaban J connectivity index is 1.76. The molecule has 5 nitrogen and oxygen atoms in total. The molecule has 0 bridgehead atoms. The van der Waals surface area contributed by atoms with E-state index in [0.29, 0.717) is 24.5 Å². The van der Waals surface area contributed by atoms with Gasteiger partial charge in [0.25, 0.3) is 0 Å². The largest absolute Gasteiger partial charge is 0.490 e. The van der Waals surface area contributed by atoms with Crippen LogP contribution in [0.4, 0.5) is 11.4 Å². The lowest BCUT2D eigenvalue weighted by atomic mass is 10.1. The maximum absolute atomic E-state index is 12.5. The van der Waals surface area contributed by atoms with Crippen molar-refractivity contribution >= 4 is 23.1 Å². The monoisotopic (exact) mass is 338 g/mol. The van der Waals surface area contributed by atoms with Gasteiger partial charge in [-0.15, -0.1) is 0 Å². The van der Waals surface area contributed by atoms with Crippen LogP contribution in [0.3, 0.4) is 0 Å². The molecule has 0 radical (unpaired) electrons. The van der Waals surface area contributed by atoms with Crippen molar-refractivity contribution in [1.82, 2.24) is 0 Å². The summed E-state index contributed by atoms with van der Waals surface area (Å²) in [4.78, 5) is 26.0. The highest BCUT2D eigenvalue weighted by atomic mass is 16.5. The van der Waals surface area contributed by atoms with E-state index in [1.54, 1.807) is 18.2 Å². The van der Waals surface area contributed by atoms with Crippen LogP contribution in [0.25, 0.3) is 0 Å². The molecular formula is C20H22N2O3. The fourth-order valence-corrected chi connectivity index (χ4v) is 3.08. The number of rotatable bonds is 4. The van der Waals surface area contributed by atoms with E-state index in [2.05, 4.69) is 11.4 Å². The Labute approximate surface area is 147 Å². The number of benzene rings is 2. The average Bonchev–Trinajstić information content (AvgIpc) is 2.53. The quantitative estimate of drug-likeness (QED) is 0.869. The van der Waals surface area contributed by atoms with Crippen molar-refractivity contribution in [3.63, 3.8) is 0 Å². The van der Waals surface area contributed by atoms with E-state index in [9.17, 15) is 9.59 Å². The van der Waals surface area contributed by atoms with E-state index in [1.165, 1.54) is 6.92 Å². The van der Waals surface area contributed by atoms with Crippen LogP contribution >= 0.6 is 0 Å². The molecule has 0 aromatic heterocycles. The van der Waals surface area contributed by atoms with Crippen molar-refractivity contribution in [3.05, 3.63) is 53.1 Å². The maximum Gasteiger partial charge on any atom is 0.243 e. The second-order valence-electron chi connectivity index (χ2n) is 6.43. The summed E-state index contributed by atoms with van der Waals surface area (Å²) in [6.07, 6.45) is 0. The highest BCUT2D eigenvalue weighted by molar-refractivity contribution is 5.97. The van der Waals surface area contributed by atoms with Crippen molar-refractivity contribution in [2.45, 2.75) is 20.8 Å². The summed E-state index contributed by atoms with van der Waals surface area (Å²) in [5.41, 5.74) is 4.42. The van der Waals surface area contributed by atoms with Crippen LogP contribution in [0, 0.1) is 13.8 Å². The Kier molecular flexibility index (Phi) is 4.74. The Morgan fingerprint density at radius 1 is 1.12 bits per heavy atom. The number of amides is 1. The summed E-state index contributed by atoms with van der Waals surface area (Å²) >= 11 is 0. The van der Waals surface area contributed by atoms with Gasteiger partial charge in [0.05, 0.1) is 18.8 Å². The third-order valence-electron chi connectivity index (χ3n) is 4.16. The van der Waals surface area contributed by atoms with Gasteiger partial charge >= 0.3 is 0 Å². The minimum Gasteiger partial charge on any atom is -0.490 e. The van der Waals surface area contributed by atoms with E-state index in [4.69, 9.17) is 4.74 Å². The summed E-state index contributed by atoms with van der Waals surface area (Å²) in [5.74, 6) is 0.606. The van der Waals surface area contributed by atoms with Crippen molar-refractivity contribution in [2.24, 2.45) is 0 Å². The zero-order chi connectivity index (χ0) is 18.0. The lowest BCUT2D eigenvalue weighted by molar-refractivity contribution is -0.115. The molecule has 0 unspecified atom stereocenters. The molecule has 1 N–H and O–H groups in total. The van der Waals surface area contributed by atoms with Gasteiger partial charge in [-0.25, -0.2) is 0 Å². The van der Waals surface area contributed by atoms with Gasteiger partial charge in [-0.2, -0.15) is 0 Å². The lowest BCUT2D eigenvalue weighted by Gasteiger charge is -2.31. The minimum atomic E-state index is -0.0916. The van der Waals surface area contributed by atoms with Gasteiger partial charge in [-0.3, -0.25) is 9.59 Å². The fraction of sp³-hybridized carbons (Fsp3) is 0.300. The van der Waals surface area contributed by atoms with Gasteiger partial charge in [0.2, 0.25) is 5.91 Å². The number of nitrogens with one attached hydrogen (secondary N) is 1. The number of carbonyl (C=O) groups excluding carboxylic acids is 2. The van der Waals surface area contributed by atoms with E-state index in [1.807, 2.05) is 30.9 Å². The second-order valence-corrected chi connectivity index (χ2v) is 6.43. The summed E-state index contributed by atoms with van der Waals surface area (Å²) in [7, 11) is 0. The molecule has 0 fully saturated rings. The number of fused-ring (bicyclic) bond motifs is 1. The van der Waals surface area contributed by atoms with E-state index in [-0.39, 0.29) is 18.2 Å². The van der Waals surface area contributed by atoms with Crippen molar-refractivity contribution in [1.29, 1.82) is 0 Å². The van der Waals surface area contributed by atoms with Gasteiger partial charge in [0.1, 0.15) is 12.4 Å². The smallest absolute Gasteiger partial charge is 0.243 e. The Morgan fingerprint density at radius 2 is 1.84 bits per heavy atom. The standard InChI is InChI=1S/C20H22N2O3/c1-13-8-14(2)10-17(9-13)21-20(24)12-22-6-7-25-19-5-4-16(15(3)23)11-18(19)22/h4-5,8-11H,6-7,12H2,1-3H3,(H,21,24). The first kappa shape index (κ1) is 17.0. The highest BCUT2D eigenvalue weighted by Crippen LogP contribution is 2.32. The number of ether oxygens (including phenoxy) is 1. The molecule has 0 atom stereocenters. The molecule has 2 aromatic carbocycles. The van der Waals surface area contributed by atoms with E-state index in [0.717, 1.165) is 22.5 Å². The van der Waals surface area contributed by atoms with Crippen LogP contribution in [-0.2, 0) is 4.79 Å². The maximum atomic E-state index is 12.5. The zero-order valence-corrected chi connectivity index (χ0v) is 14.8. The fourth-order valence-electron chi connectivity index (χ4n) is 3.08. The average molecular weight is 338 g/mol. The Hall–Kier alpha value is -2.82. The molecule has 3 rings (SSSR count). The molecule has 1 heterocycles. The van der Waals surface area contributed by atoms with Crippen LogP contribution < -0.4 is 15.0 Å². The molecule has 1 amide bonds. The normalized spacial score (nSPS) is 13.0. The highest BCUT2D eigenvalue weighted by Gasteiger charge is 2.21. The lowest BCUT2D eigenvalue weighted by Crippen LogP contribution is -2.39. The number of anilines is 2. The molecule has 0 saturated heterocycles. The summed E-state index contributed by atoms with van der Waals surface area (Å²) in [6.45, 7) is 6.87. The van der Waals surface area contributed by atoms with E-state index >= 15 is 0 Å². The molecule has 0 saturated carbocycles. The zero-order valence-electron chi connectivity index (χ0n) is 14.8. The van der Waals surface area contributed by atoms with Gasteiger partial charge in [0, 0.05) is 11.3 Å². The molecule has 0 spiro atoms. The van der Waals surface area contributed by atoms with Gasteiger partial charge < -0.3 is 15.0 Å². The van der Waals surface area contributed by atoms with Crippen LogP contribution in [0.5, 0.6) is 5.75 Å². The Morgan fingerprint density at radius 3 is 2.52 bits per heavy atom. The molecule has 25 heavy (non-hydrogen) atoms. The predicted molar refractivity (Wildman–Crippen MR) is 98.7 cm³/mol. The molecular weight excluding hydrogens is 316 g/mol. The number of hydrogen-bond acceptors (Lipinski definition) is 4. The van der Waals surface area contributed by atoms with E-state index < -0.39 is 0 Å². The van der Waals surface area contributed by atoms with Gasteiger partial charge in [-0.1, -0.05) is 6.07 Å². The van der Waals surface area contributed by atoms with Crippen molar-refractivity contribution < 1.29 is 14.3 Å². The van der Waals surface area contributed by atoms with Crippen LogP contribution in [0.2, 0.25) is 0 Å². The molecule has 5 heteroatoms. The first-order chi connectivity index (χ1) is 11.9. The summed E-state index contributed by atoms with van der Waals surface area (Å²) in [6, 6.07) is 11.3.